The van der Waals surface area contributed by atoms with Crippen molar-refractivity contribution in [3.8, 4) is 0 Å². The van der Waals surface area contributed by atoms with Crippen LogP contribution in [-0.2, 0) is 32.7 Å². The number of unbranched alkanes of at least 4 members (excludes halogenated alkanes) is 51. The van der Waals surface area contributed by atoms with Crippen LogP contribution in [0.25, 0.3) is 0 Å². The highest BCUT2D eigenvalue weighted by molar-refractivity contribution is 7.45. The Kier molecular flexibility index (Phi) is 63.8. The number of likely N-dealkylation sites (N-methyl/N-ethyl adjacent to an activating group) is 1. The Morgan fingerprint density at radius 1 is 0.373 bits per heavy atom. The van der Waals surface area contributed by atoms with E-state index in [4.69, 9.17) is 18.5 Å². The second-order valence-corrected chi connectivity index (χ2v) is 27.7. The summed E-state index contributed by atoms with van der Waals surface area (Å²) in [6.07, 6.45) is 81.3. The number of esters is 2. The highest BCUT2D eigenvalue weighted by atomic mass is 31.2. The lowest BCUT2D eigenvalue weighted by atomic mass is 10.0. The second-order valence-electron chi connectivity index (χ2n) is 26.3. The number of carbonyl (C=O) groups excluding carboxylic acids is 2. The third kappa shape index (κ3) is 69.5. The van der Waals surface area contributed by atoms with Crippen LogP contribution < -0.4 is 4.89 Å². The van der Waals surface area contributed by atoms with Gasteiger partial charge in [-0.25, -0.2) is 0 Å². The van der Waals surface area contributed by atoms with Crippen molar-refractivity contribution >= 4 is 19.8 Å². The Balaban J connectivity index is 3.94. The Morgan fingerprint density at radius 2 is 0.651 bits per heavy atom. The average molecular weight is 1190 g/mol. The summed E-state index contributed by atoms with van der Waals surface area (Å²) < 4.78 is 34.4. The summed E-state index contributed by atoms with van der Waals surface area (Å²) >= 11 is 0. The van der Waals surface area contributed by atoms with Gasteiger partial charge < -0.3 is 27.9 Å². The maximum Gasteiger partial charge on any atom is 0.306 e. The van der Waals surface area contributed by atoms with Gasteiger partial charge in [0.05, 0.1) is 27.7 Å². The van der Waals surface area contributed by atoms with Gasteiger partial charge in [0.25, 0.3) is 7.82 Å². The molecule has 0 aliphatic heterocycles. The van der Waals surface area contributed by atoms with Crippen LogP contribution in [0, 0.1) is 0 Å². The number of allylic oxidation sites excluding steroid dienone is 4. The van der Waals surface area contributed by atoms with Gasteiger partial charge in [-0.05, 0) is 44.9 Å². The summed E-state index contributed by atoms with van der Waals surface area (Å²) in [5, 5.41) is 0. The summed E-state index contributed by atoms with van der Waals surface area (Å²) in [4.78, 5) is 38.1. The number of rotatable bonds is 69. The first-order valence-corrected chi connectivity index (χ1v) is 38.0. The predicted molar refractivity (Wildman–Crippen MR) is 356 cm³/mol. The summed E-state index contributed by atoms with van der Waals surface area (Å²) in [5.74, 6) is -0.807. The van der Waals surface area contributed by atoms with Crippen LogP contribution in [0.4, 0.5) is 0 Å². The molecule has 492 valence electrons. The van der Waals surface area contributed by atoms with E-state index in [1.165, 1.54) is 308 Å². The van der Waals surface area contributed by atoms with E-state index in [-0.39, 0.29) is 32.0 Å². The van der Waals surface area contributed by atoms with Crippen LogP contribution in [0.15, 0.2) is 24.3 Å². The van der Waals surface area contributed by atoms with Crippen LogP contribution in [0.5, 0.6) is 0 Å². The molecule has 0 N–H and O–H groups in total. The Hall–Kier alpha value is -1.51. The molecule has 9 nitrogen and oxygen atoms in total. The highest BCUT2D eigenvalue weighted by Crippen LogP contribution is 2.38. The minimum Gasteiger partial charge on any atom is -0.756 e. The van der Waals surface area contributed by atoms with Gasteiger partial charge in [-0.1, -0.05) is 346 Å². The molecule has 0 fully saturated rings. The van der Waals surface area contributed by atoms with E-state index in [2.05, 4.69) is 38.2 Å². The number of quaternary nitrogens is 1. The molecule has 2 atom stereocenters. The second kappa shape index (κ2) is 64.9. The lowest BCUT2D eigenvalue weighted by Gasteiger charge is -2.28. The fraction of sp³-hybridized carbons (Fsp3) is 0.918. The number of phosphoric acid groups is 1. The van der Waals surface area contributed by atoms with Crippen molar-refractivity contribution in [3.63, 3.8) is 0 Å². The number of phosphoric ester groups is 1. The first-order chi connectivity index (χ1) is 40.5. The van der Waals surface area contributed by atoms with Gasteiger partial charge in [0.1, 0.15) is 19.8 Å². The van der Waals surface area contributed by atoms with Gasteiger partial charge in [0, 0.05) is 12.8 Å². The first kappa shape index (κ1) is 81.5. The standard InChI is InChI=1S/C73H142NO8P/c1-6-8-10-12-14-16-18-20-22-24-26-28-30-32-33-34-35-36-37-38-39-40-41-42-44-46-48-50-52-54-56-58-60-62-64-66-73(76)82-71(70-81-83(77,78)80-68-67-74(3,4)5)69-79-72(75)65-63-61-59-57-55-53-51-49-47-45-43-31-29-27-25-23-21-19-17-15-13-11-9-7-2/h18,20,24,26,71H,6-17,19,21-23,25,27-70H2,1-5H3/b20-18-,26-24-. The van der Waals surface area contributed by atoms with E-state index in [0.29, 0.717) is 17.4 Å². The van der Waals surface area contributed by atoms with Crippen molar-refractivity contribution in [2.75, 3.05) is 47.5 Å². The zero-order valence-corrected chi connectivity index (χ0v) is 57.1. The maximum absolute atomic E-state index is 12.9. The van der Waals surface area contributed by atoms with Gasteiger partial charge >= 0.3 is 11.9 Å². The highest BCUT2D eigenvalue weighted by Gasteiger charge is 2.22. The molecule has 0 aromatic heterocycles. The molecule has 0 saturated heterocycles. The smallest absolute Gasteiger partial charge is 0.306 e. The van der Waals surface area contributed by atoms with Crippen molar-refractivity contribution in [1.29, 1.82) is 0 Å². The van der Waals surface area contributed by atoms with Crippen LogP contribution in [0.3, 0.4) is 0 Å². The molecule has 0 rings (SSSR count). The number of nitrogens with zero attached hydrogens (tertiary/aromatic N) is 1. The fourth-order valence-electron chi connectivity index (χ4n) is 11.1. The molecule has 0 spiro atoms. The topological polar surface area (TPSA) is 111 Å². The Bertz CT molecular complexity index is 1450. The monoisotopic (exact) mass is 1190 g/mol. The molecule has 0 aliphatic rings. The Labute approximate surface area is 517 Å². The fourth-order valence-corrected chi connectivity index (χ4v) is 11.8. The van der Waals surface area contributed by atoms with E-state index in [9.17, 15) is 19.0 Å². The van der Waals surface area contributed by atoms with Crippen molar-refractivity contribution in [1.82, 2.24) is 0 Å². The van der Waals surface area contributed by atoms with Crippen LogP contribution in [-0.4, -0.2) is 70.0 Å². The number of carbonyl (C=O) groups is 2. The largest absolute Gasteiger partial charge is 0.756 e. The predicted octanol–water partition coefficient (Wildman–Crippen LogP) is 23.0. The van der Waals surface area contributed by atoms with Crippen LogP contribution >= 0.6 is 7.82 Å². The van der Waals surface area contributed by atoms with E-state index in [1.54, 1.807) is 0 Å². The molecule has 0 aliphatic carbocycles. The molecule has 10 heteroatoms. The number of ether oxygens (including phenoxy) is 2. The molecule has 0 amide bonds. The van der Waals surface area contributed by atoms with Gasteiger partial charge in [0.2, 0.25) is 0 Å². The lowest BCUT2D eigenvalue weighted by molar-refractivity contribution is -0.870. The maximum atomic E-state index is 12.9. The third-order valence-electron chi connectivity index (χ3n) is 16.7. The molecule has 0 aromatic rings. The van der Waals surface area contributed by atoms with Gasteiger partial charge in [-0.2, -0.15) is 0 Å². The quantitative estimate of drug-likeness (QED) is 0.0195. The molecule has 0 bridgehead atoms. The molecular formula is C73H142NO8P. The zero-order chi connectivity index (χ0) is 60.5. The Morgan fingerprint density at radius 3 is 0.952 bits per heavy atom. The van der Waals surface area contributed by atoms with Crippen molar-refractivity contribution in [2.24, 2.45) is 0 Å². The van der Waals surface area contributed by atoms with Gasteiger partial charge in [-0.15, -0.1) is 0 Å². The minimum absolute atomic E-state index is 0.0263. The summed E-state index contributed by atoms with van der Waals surface area (Å²) in [5.41, 5.74) is 0. The molecule has 0 radical (unpaired) electrons. The summed E-state index contributed by atoms with van der Waals surface area (Å²) in [6, 6.07) is 0. The van der Waals surface area contributed by atoms with E-state index in [0.717, 1.165) is 38.5 Å². The van der Waals surface area contributed by atoms with Gasteiger partial charge in [0.15, 0.2) is 6.10 Å². The minimum atomic E-state index is -4.64. The summed E-state index contributed by atoms with van der Waals surface area (Å²) in [6.45, 7) is 4.31. The normalized spacial score (nSPS) is 13.2. The molecule has 0 heterocycles. The lowest BCUT2D eigenvalue weighted by Crippen LogP contribution is -2.37. The van der Waals surface area contributed by atoms with Crippen molar-refractivity contribution < 1.29 is 42.1 Å². The van der Waals surface area contributed by atoms with E-state index in [1.807, 2.05) is 21.1 Å². The zero-order valence-electron chi connectivity index (χ0n) is 56.2. The van der Waals surface area contributed by atoms with Crippen LogP contribution in [0.1, 0.15) is 380 Å². The first-order valence-electron chi connectivity index (χ1n) is 36.5. The third-order valence-corrected chi connectivity index (χ3v) is 17.7. The molecule has 0 saturated carbocycles. The van der Waals surface area contributed by atoms with E-state index < -0.39 is 26.5 Å². The average Bonchev–Trinajstić information content (AvgIpc) is 3.49. The molecule has 0 aromatic carbocycles. The van der Waals surface area contributed by atoms with Gasteiger partial charge in [-0.3, -0.25) is 14.2 Å². The number of hydrogen-bond acceptors (Lipinski definition) is 8. The van der Waals surface area contributed by atoms with E-state index >= 15 is 0 Å². The van der Waals surface area contributed by atoms with Crippen molar-refractivity contribution in [3.05, 3.63) is 24.3 Å². The molecule has 2 unspecified atom stereocenters. The molecule has 83 heavy (non-hydrogen) atoms. The molecular weight excluding hydrogens is 1050 g/mol. The van der Waals surface area contributed by atoms with Crippen molar-refractivity contribution in [2.45, 2.75) is 386 Å². The SMILES string of the molecule is CCCCCCC/C=C\C/C=C\CCCCCCCCCCCCCCCCCCCCCCCCCC(=O)OC(COC(=O)CCCCCCCCCCCCCCCCCCCCCCCCCC)COP(=O)([O-])OCC[N+](C)(C)C. The summed E-state index contributed by atoms with van der Waals surface area (Å²) in [7, 11) is 1.19. The van der Waals surface area contributed by atoms with Crippen LogP contribution in [0.2, 0.25) is 0 Å². The number of hydrogen-bond donors (Lipinski definition) is 0.